The Morgan fingerprint density at radius 2 is 2.14 bits per heavy atom. The number of phenolic OH excluding ortho intramolecular Hbond substituents is 1. The van der Waals surface area contributed by atoms with E-state index in [4.69, 9.17) is 4.42 Å². The molecule has 4 heteroatoms. The molecule has 0 amide bonds. The summed E-state index contributed by atoms with van der Waals surface area (Å²) < 4.78 is 5.02. The Bertz CT molecular complexity index is 557. The van der Waals surface area contributed by atoms with E-state index in [0.29, 0.717) is 10.9 Å². The van der Waals surface area contributed by atoms with Crippen LogP contribution in [0.1, 0.15) is 5.56 Å². The van der Waals surface area contributed by atoms with Crippen molar-refractivity contribution >= 4 is 25.5 Å². The molecule has 2 rings (SSSR count). The van der Waals surface area contributed by atoms with E-state index in [1.807, 2.05) is 6.92 Å². The van der Waals surface area contributed by atoms with E-state index in [2.05, 4.69) is 9.24 Å². The topological polar surface area (TPSA) is 50.4 Å². The van der Waals surface area contributed by atoms with Gasteiger partial charge in [-0.2, -0.15) is 0 Å². The van der Waals surface area contributed by atoms with Crippen molar-refractivity contribution in [2.45, 2.75) is 6.92 Å². The van der Waals surface area contributed by atoms with Crippen molar-refractivity contribution in [3.8, 4) is 5.75 Å². The van der Waals surface area contributed by atoms with Gasteiger partial charge in [0.15, 0.2) is 0 Å². The maximum Gasteiger partial charge on any atom is 0.343 e. The second-order valence-corrected chi connectivity index (χ2v) is 3.69. The number of phenols is 1. The minimum absolute atomic E-state index is 0.0940. The number of aromatic hydroxyl groups is 1. The molecule has 1 aromatic carbocycles. The van der Waals surface area contributed by atoms with Crippen LogP contribution >= 0.6 is 9.24 Å². The first kappa shape index (κ1) is 9.22. The van der Waals surface area contributed by atoms with E-state index in [1.165, 1.54) is 6.07 Å². The number of rotatable bonds is 0. The monoisotopic (exact) mass is 208 g/mol. The van der Waals surface area contributed by atoms with Crippen LogP contribution in [0.5, 0.6) is 5.75 Å². The number of aryl methyl sites for hydroxylation is 1. The zero-order chi connectivity index (χ0) is 10.3. The summed E-state index contributed by atoms with van der Waals surface area (Å²) in [5.74, 6) is 0.0940. The van der Waals surface area contributed by atoms with Crippen LogP contribution in [0.3, 0.4) is 0 Å². The maximum absolute atomic E-state index is 11.3. The van der Waals surface area contributed by atoms with Gasteiger partial charge in [0.1, 0.15) is 11.3 Å². The summed E-state index contributed by atoms with van der Waals surface area (Å²) in [5, 5.41) is 10.6. The fraction of sp³-hybridized carbons (Fsp3) is 0.100. The number of hydrogen-bond donors (Lipinski definition) is 1. The highest BCUT2D eigenvalue weighted by atomic mass is 31.0. The van der Waals surface area contributed by atoms with Gasteiger partial charge < -0.3 is 9.52 Å². The van der Waals surface area contributed by atoms with Crippen LogP contribution < -0.4 is 10.9 Å². The average Bonchev–Trinajstić information content (AvgIpc) is 2.14. The minimum Gasteiger partial charge on any atom is -0.508 e. The first-order chi connectivity index (χ1) is 6.59. The average molecular weight is 208 g/mol. The highest BCUT2D eigenvalue weighted by molar-refractivity contribution is 7.27. The van der Waals surface area contributed by atoms with Crippen LogP contribution in [0.15, 0.2) is 27.4 Å². The van der Waals surface area contributed by atoms with Gasteiger partial charge in [0, 0.05) is 11.5 Å². The number of hydrogen-bond acceptors (Lipinski definition) is 3. The second-order valence-electron chi connectivity index (χ2n) is 3.11. The predicted molar refractivity (Wildman–Crippen MR) is 58.2 cm³/mol. The molecule has 1 unspecified atom stereocenters. The molecular formula is C10H9O3P. The summed E-state index contributed by atoms with van der Waals surface area (Å²) in [7, 11) is 2.36. The molecule has 1 atom stereocenters. The molecule has 1 heterocycles. The van der Waals surface area contributed by atoms with Crippen molar-refractivity contribution in [1.82, 2.24) is 0 Å². The van der Waals surface area contributed by atoms with Gasteiger partial charge in [-0.1, -0.05) is 9.24 Å². The van der Waals surface area contributed by atoms with Crippen LogP contribution in [-0.4, -0.2) is 5.11 Å². The molecule has 0 bridgehead atoms. The lowest BCUT2D eigenvalue weighted by Crippen LogP contribution is -2.19. The van der Waals surface area contributed by atoms with E-state index >= 15 is 0 Å². The molecular weight excluding hydrogens is 199 g/mol. The normalized spacial score (nSPS) is 10.7. The Morgan fingerprint density at radius 1 is 1.43 bits per heavy atom. The third kappa shape index (κ3) is 1.30. The number of benzene rings is 1. The fourth-order valence-corrected chi connectivity index (χ4v) is 1.57. The van der Waals surface area contributed by atoms with Crippen molar-refractivity contribution in [1.29, 1.82) is 0 Å². The molecule has 0 aliphatic carbocycles. The third-order valence-corrected chi connectivity index (χ3v) is 2.86. The van der Waals surface area contributed by atoms with Crippen LogP contribution in [0.2, 0.25) is 0 Å². The summed E-state index contributed by atoms with van der Waals surface area (Å²) in [6, 6.07) is 4.74. The molecule has 0 radical (unpaired) electrons. The molecule has 2 aromatic rings. The van der Waals surface area contributed by atoms with Crippen LogP contribution in [0, 0.1) is 6.92 Å². The molecule has 0 saturated heterocycles. The van der Waals surface area contributed by atoms with E-state index in [9.17, 15) is 9.90 Å². The van der Waals surface area contributed by atoms with Crippen LogP contribution in [-0.2, 0) is 0 Å². The summed E-state index contributed by atoms with van der Waals surface area (Å²) in [6.45, 7) is 1.85. The summed E-state index contributed by atoms with van der Waals surface area (Å²) in [4.78, 5) is 11.3. The standard InChI is InChI=1S/C10H9O3P/c1-5-7-3-2-6(11)4-8(7)13-10(12)9(5)14/h2-4,11H,14H2,1H3. The molecule has 14 heavy (non-hydrogen) atoms. The van der Waals surface area contributed by atoms with Gasteiger partial charge >= 0.3 is 5.63 Å². The summed E-state index contributed by atoms with van der Waals surface area (Å²) >= 11 is 0. The Kier molecular flexibility index (Phi) is 2.05. The van der Waals surface area contributed by atoms with E-state index < -0.39 is 0 Å². The first-order valence-corrected chi connectivity index (χ1v) is 4.69. The lowest BCUT2D eigenvalue weighted by atomic mass is 10.1. The second kappa shape index (κ2) is 3.10. The third-order valence-electron chi connectivity index (χ3n) is 2.20. The van der Waals surface area contributed by atoms with Gasteiger partial charge in [-0.15, -0.1) is 0 Å². The van der Waals surface area contributed by atoms with Crippen LogP contribution in [0.25, 0.3) is 11.0 Å². The zero-order valence-electron chi connectivity index (χ0n) is 7.57. The molecule has 0 saturated carbocycles. The molecule has 3 nitrogen and oxygen atoms in total. The maximum atomic E-state index is 11.3. The fourth-order valence-electron chi connectivity index (χ4n) is 1.36. The predicted octanol–water partition coefficient (Wildman–Crippen LogP) is 1.31. The quantitative estimate of drug-likeness (QED) is 0.524. The van der Waals surface area contributed by atoms with Crippen molar-refractivity contribution in [3.63, 3.8) is 0 Å². The Hall–Kier alpha value is -1.34. The molecule has 1 N–H and O–H groups in total. The van der Waals surface area contributed by atoms with Gasteiger partial charge in [0.25, 0.3) is 0 Å². The van der Waals surface area contributed by atoms with Gasteiger partial charge in [-0.25, -0.2) is 4.79 Å². The molecule has 0 spiro atoms. The lowest BCUT2D eigenvalue weighted by molar-refractivity contribution is 0.473. The summed E-state index contributed by atoms with van der Waals surface area (Å²) in [6.07, 6.45) is 0. The van der Waals surface area contributed by atoms with Gasteiger partial charge in [-0.05, 0) is 24.6 Å². The van der Waals surface area contributed by atoms with Crippen molar-refractivity contribution < 1.29 is 9.52 Å². The highest BCUT2D eigenvalue weighted by Crippen LogP contribution is 2.20. The highest BCUT2D eigenvalue weighted by Gasteiger charge is 2.07. The molecule has 0 aliphatic rings. The van der Waals surface area contributed by atoms with E-state index in [1.54, 1.807) is 12.1 Å². The Labute approximate surface area is 82.6 Å². The SMILES string of the molecule is Cc1c(P)c(=O)oc2cc(O)ccc12. The molecule has 0 fully saturated rings. The molecule has 72 valence electrons. The van der Waals surface area contributed by atoms with Gasteiger partial charge in [-0.3, -0.25) is 0 Å². The first-order valence-electron chi connectivity index (χ1n) is 4.11. The zero-order valence-corrected chi connectivity index (χ0v) is 8.73. The van der Waals surface area contributed by atoms with Gasteiger partial charge in [0.05, 0.1) is 5.30 Å². The number of fused-ring (bicyclic) bond motifs is 1. The van der Waals surface area contributed by atoms with Crippen molar-refractivity contribution in [2.75, 3.05) is 0 Å². The summed E-state index contributed by atoms with van der Waals surface area (Å²) in [5.41, 5.74) is 0.894. The molecule has 0 aliphatic heterocycles. The lowest BCUT2D eigenvalue weighted by Gasteiger charge is -2.03. The minimum atomic E-state index is -0.384. The van der Waals surface area contributed by atoms with E-state index in [0.717, 1.165) is 10.9 Å². The van der Waals surface area contributed by atoms with Gasteiger partial charge in [0.2, 0.25) is 0 Å². The van der Waals surface area contributed by atoms with Crippen molar-refractivity contribution in [3.05, 3.63) is 34.2 Å². The van der Waals surface area contributed by atoms with E-state index in [-0.39, 0.29) is 11.4 Å². The smallest absolute Gasteiger partial charge is 0.343 e. The Morgan fingerprint density at radius 3 is 2.86 bits per heavy atom. The Balaban J connectivity index is 2.98. The molecule has 1 aromatic heterocycles. The van der Waals surface area contributed by atoms with Crippen molar-refractivity contribution in [2.24, 2.45) is 0 Å². The van der Waals surface area contributed by atoms with Crippen LogP contribution in [0.4, 0.5) is 0 Å². The largest absolute Gasteiger partial charge is 0.508 e.